The smallest absolute Gasteiger partial charge is 0.256 e. The number of rotatable bonds is 6. The Hall–Kier alpha value is -2.73. The first-order valence-corrected chi connectivity index (χ1v) is 12.9. The second kappa shape index (κ2) is 9.87. The summed E-state index contributed by atoms with van der Waals surface area (Å²) >= 11 is 0. The van der Waals surface area contributed by atoms with Crippen molar-refractivity contribution in [3.05, 3.63) is 63.6 Å². The van der Waals surface area contributed by atoms with Crippen LogP contribution >= 0.6 is 0 Å². The first kappa shape index (κ1) is 23.0. The highest BCUT2D eigenvalue weighted by atomic mass is 16.1. The van der Waals surface area contributed by atoms with Gasteiger partial charge < -0.3 is 10.2 Å². The summed E-state index contributed by atoms with van der Waals surface area (Å²) in [5.41, 5.74) is 4.14. The van der Waals surface area contributed by atoms with Gasteiger partial charge in [-0.05, 0) is 76.7 Å². The van der Waals surface area contributed by atoms with Gasteiger partial charge in [0.2, 0.25) is 5.95 Å². The van der Waals surface area contributed by atoms with E-state index in [4.69, 9.17) is 4.98 Å². The number of hydrogen-bond acceptors (Lipinski definition) is 5. The largest absolute Gasteiger partial charge is 0.351 e. The summed E-state index contributed by atoms with van der Waals surface area (Å²) in [5, 5.41) is 4.53. The Labute approximate surface area is 202 Å². The van der Waals surface area contributed by atoms with Gasteiger partial charge in [-0.1, -0.05) is 37.1 Å². The lowest BCUT2D eigenvalue weighted by Gasteiger charge is -2.33. The van der Waals surface area contributed by atoms with Crippen LogP contribution in [0.15, 0.2) is 41.3 Å². The third-order valence-corrected chi connectivity index (χ3v) is 7.94. The predicted octanol–water partition coefficient (Wildman–Crippen LogP) is 5.09. The molecule has 6 heteroatoms. The number of nitrogens with zero attached hydrogens (tertiary/aromatic N) is 4. The van der Waals surface area contributed by atoms with E-state index in [1.165, 1.54) is 36.8 Å². The number of aryl methyl sites for hydroxylation is 1. The first-order valence-electron chi connectivity index (χ1n) is 12.9. The number of anilines is 1. The van der Waals surface area contributed by atoms with Crippen LogP contribution in [0.5, 0.6) is 0 Å². The minimum atomic E-state index is 0.110. The molecule has 0 aliphatic heterocycles. The molecule has 0 unspecified atom stereocenters. The molecule has 0 amide bonds. The van der Waals surface area contributed by atoms with Crippen LogP contribution in [0, 0.1) is 6.92 Å². The fourth-order valence-corrected chi connectivity index (χ4v) is 5.81. The molecule has 180 valence electrons. The molecule has 2 aliphatic rings. The molecule has 0 spiro atoms. The maximum atomic E-state index is 13.8. The second-order valence-electron chi connectivity index (χ2n) is 10.5. The highest BCUT2D eigenvalue weighted by Gasteiger charge is 2.25. The summed E-state index contributed by atoms with van der Waals surface area (Å²) in [6, 6.07) is 11.6. The average Bonchev–Trinajstić information content (AvgIpc) is 3.36. The van der Waals surface area contributed by atoms with E-state index < -0.39 is 0 Å². The molecule has 0 atom stereocenters. The molecule has 1 N–H and O–H groups in total. The number of pyridine rings is 1. The zero-order chi connectivity index (χ0) is 23.7. The topological polar surface area (TPSA) is 63.1 Å². The maximum Gasteiger partial charge on any atom is 0.256 e. The summed E-state index contributed by atoms with van der Waals surface area (Å²) in [6.45, 7) is 2.11. The standard InChI is InChI=1S/C28H37N5O/c1-19-8-4-5-9-20(19)16-21-17-22-18-29-28(30-23-12-14-24(15-13-23)32(2)3)31-26(22)33(27(21)34)25-10-6-7-11-25/h4-5,8-9,17-18,23-25H,6-7,10-16H2,1-3H3,(H,29,30,31). The molecule has 2 saturated carbocycles. The van der Waals surface area contributed by atoms with E-state index in [1.54, 1.807) is 0 Å². The van der Waals surface area contributed by atoms with Gasteiger partial charge in [0.15, 0.2) is 0 Å². The highest BCUT2D eigenvalue weighted by Crippen LogP contribution is 2.31. The van der Waals surface area contributed by atoms with Gasteiger partial charge in [0.1, 0.15) is 5.65 Å². The van der Waals surface area contributed by atoms with E-state index >= 15 is 0 Å². The van der Waals surface area contributed by atoms with Crippen LogP contribution in [-0.4, -0.2) is 45.6 Å². The minimum absolute atomic E-state index is 0.110. The van der Waals surface area contributed by atoms with Gasteiger partial charge in [0.05, 0.1) is 0 Å². The third kappa shape index (κ3) is 4.74. The molecular formula is C28H37N5O. The molecule has 6 nitrogen and oxygen atoms in total. The Bertz CT molecular complexity index is 1200. The van der Waals surface area contributed by atoms with E-state index in [2.05, 4.69) is 48.4 Å². The molecule has 1 aromatic carbocycles. The van der Waals surface area contributed by atoms with Gasteiger partial charge in [-0.15, -0.1) is 0 Å². The van der Waals surface area contributed by atoms with Crippen LogP contribution in [0.25, 0.3) is 11.0 Å². The lowest BCUT2D eigenvalue weighted by Crippen LogP contribution is -2.36. The molecule has 0 bridgehead atoms. The van der Waals surface area contributed by atoms with E-state index in [-0.39, 0.29) is 11.6 Å². The van der Waals surface area contributed by atoms with Crippen molar-refractivity contribution in [2.24, 2.45) is 0 Å². The molecule has 0 saturated heterocycles. The van der Waals surface area contributed by atoms with Crippen molar-refractivity contribution < 1.29 is 0 Å². The Morgan fingerprint density at radius 2 is 1.76 bits per heavy atom. The van der Waals surface area contributed by atoms with E-state index in [0.29, 0.717) is 24.5 Å². The van der Waals surface area contributed by atoms with Gasteiger partial charge in [-0.2, -0.15) is 4.98 Å². The van der Waals surface area contributed by atoms with Crippen molar-refractivity contribution in [3.8, 4) is 0 Å². The lowest BCUT2D eigenvalue weighted by atomic mass is 9.91. The quantitative estimate of drug-likeness (QED) is 0.556. The van der Waals surface area contributed by atoms with Crippen LogP contribution in [0.1, 0.15) is 74.1 Å². The second-order valence-corrected chi connectivity index (χ2v) is 10.5. The van der Waals surface area contributed by atoms with Crippen molar-refractivity contribution >= 4 is 17.0 Å². The molecule has 0 radical (unpaired) electrons. The number of fused-ring (bicyclic) bond motifs is 1. The zero-order valence-corrected chi connectivity index (χ0v) is 20.8. The van der Waals surface area contributed by atoms with E-state index in [1.807, 2.05) is 29.0 Å². The maximum absolute atomic E-state index is 13.8. The van der Waals surface area contributed by atoms with E-state index in [9.17, 15) is 4.79 Å². The van der Waals surface area contributed by atoms with Crippen molar-refractivity contribution in [1.82, 2.24) is 19.4 Å². The molecule has 2 aliphatic carbocycles. The number of benzene rings is 1. The van der Waals surface area contributed by atoms with Crippen LogP contribution in [0.4, 0.5) is 5.95 Å². The fraction of sp³-hybridized carbons (Fsp3) is 0.536. The Morgan fingerprint density at radius 3 is 2.47 bits per heavy atom. The van der Waals surface area contributed by atoms with Gasteiger partial charge >= 0.3 is 0 Å². The molecule has 2 heterocycles. The van der Waals surface area contributed by atoms with E-state index in [0.717, 1.165) is 42.3 Å². The molecule has 2 fully saturated rings. The average molecular weight is 460 g/mol. The number of nitrogens with one attached hydrogen (secondary N) is 1. The number of aromatic nitrogens is 3. The summed E-state index contributed by atoms with van der Waals surface area (Å²) < 4.78 is 1.99. The summed E-state index contributed by atoms with van der Waals surface area (Å²) in [6.07, 6.45) is 11.6. The first-order chi connectivity index (χ1) is 16.5. The summed E-state index contributed by atoms with van der Waals surface area (Å²) in [7, 11) is 4.33. The van der Waals surface area contributed by atoms with Crippen molar-refractivity contribution in [1.29, 1.82) is 0 Å². The minimum Gasteiger partial charge on any atom is -0.351 e. The zero-order valence-electron chi connectivity index (χ0n) is 20.8. The van der Waals surface area contributed by atoms with Crippen molar-refractivity contribution in [3.63, 3.8) is 0 Å². The van der Waals surface area contributed by atoms with Gasteiger partial charge in [-0.3, -0.25) is 9.36 Å². The summed E-state index contributed by atoms with van der Waals surface area (Å²) in [4.78, 5) is 25.7. The van der Waals surface area contributed by atoms with Gasteiger partial charge in [0, 0.05) is 41.7 Å². The predicted molar refractivity (Wildman–Crippen MR) is 139 cm³/mol. The van der Waals surface area contributed by atoms with Crippen LogP contribution in [-0.2, 0) is 6.42 Å². The van der Waals surface area contributed by atoms with Crippen LogP contribution in [0.3, 0.4) is 0 Å². The van der Waals surface area contributed by atoms with Crippen molar-refractivity contribution in [2.45, 2.75) is 82.8 Å². The van der Waals surface area contributed by atoms with Crippen molar-refractivity contribution in [2.75, 3.05) is 19.4 Å². The molecular weight excluding hydrogens is 422 g/mol. The van der Waals surface area contributed by atoms with Crippen LogP contribution in [0.2, 0.25) is 0 Å². The van der Waals surface area contributed by atoms with Gasteiger partial charge in [-0.25, -0.2) is 4.98 Å². The Morgan fingerprint density at radius 1 is 1.03 bits per heavy atom. The molecule has 2 aromatic heterocycles. The third-order valence-electron chi connectivity index (χ3n) is 7.94. The molecule has 5 rings (SSSR count). The molecule has 3 aromatic rings. The van der Waals surface area contributed by atoms with Crippen LogP contribution < -0.4 is 10.9 Å². The highest BCUT2D eigenvalue weighted by molar-refractivity contribution is 5.76. The summed E-state index contributed by atoms with van der Waals surface area (Å²) in [5.74, 6) is 0.651. The van der Waals surface area contributed by atoms with Gasteiger partial charge in [0.25, 0.3) is 5.56 Å². The normalized spacial score (nSPS) is 21.4. The Balaban J connectivity index is 1.48. The fourth-order valence-electron chi connectivity index (χ4n) is 5.81. The SMILES string of the molecule is Cc1ccccc1Cc1cc2cnc(NC3CCC(N(C)C)CC3)nc2n(C2CCCC2)c1=O. The monoisotopic (exact) mass is 459 g/mol. The lowest BCUT2D eigenvalue weighted by molar-refractivity contribution is 0.221. The number of hydrogen-bond donors (Lipinski definition) is 1. The molecule has 34 heavy (non-hydrogen) atoms. The Kier molecular flexibility index (Phi) is 6.68.